The number of rotatable bonds is 2. The van der Waals surface area contributed by atoms with Crippen molar-refractivity contribution in [1.29, 1.82) is 0 Å². The number of amides is 1. The third-order valence-electron chi connectivity index (χ3n) is 11.4. The van der Waals surface area contributed by atoms with Crippen LogP contribution in [-0.4, -0.2) is 22.8 Å². The molecular formula is C32H41NO3. The van der Waals surface area contributed by atoms with Crippen molar-refractivity contribution in [3.05, 3.63) is 53.1 Å². The second kappa shape index (κ2) is 7.58. The van der Waals surface area contributed by atoms with E-state index in [9.17, 15) is 14.7 Å². The molecule has 10 atom stereocenters. The average molecular weight is 488 g/mol. The summed E-state index contributed by atoms with van der Waals surface area (Å²) >= 11 is 0. The molecule has 1 saturated heterocycles. The van der Waals surface area contributed by atoms with E-state index in [2.05, 4.69) is 59.0 Å². The van der Waals surface area contributed by atoms with Gasteiger partial charge in [-0.1, -0.05) is 69.5 Å². The number of nitrogens with one attached hydrogen (secondary N) is 1. The molecule has 3 fully saturated rings. The van der Waals surface area contributed by atoms with Crippen molar-refractivity contribution in [3.63, 3.8) is 0 Å². The predicted molar refractivity (Wildman–Crippen MR) is 141 cm³/mol. The van der Waals surface area contributed by atoms with Crippen LogP contribution in [-0.2, 0) is 16.0 Å². The molecule has 1 heterocycles. The van der Waals surface area contributed by atoms with Gasteiger partial charge in [0.15, 0.2) is 5.78 Å². The standard InChI is InChI=1S/C32H41NO3/c1-17-7-12-23-25-26(19(3)15-30(23,5)14-17)31(6)16-18(2)20(4)27-24(13-21-8-10-22(34)11-9-21)33-29(36)32(27,31)28(25)35/h8-11,15-17,20,23-27,34H,7,12-14H2,1-6H3,(H,33,36)/t17-,20-,23+,24+,25+,26-,27-,30+,31-,32+/m0/s1. The van der Waals surface area contributed by atoms with E-state index in [1.807, 2.05) is 12.1 Å². The van der Waals surface area contributed by atoms with Crippen molar-refractivity contribution in [2.24, 2.45) is 51.8 Å². The number of fused-ring (bicyclic) bond motifs is 4. The van der Waals surface area contributed by atoms with Crippen molar-refractivity contribution < 1.29 is 14.7 Å². The van der Waals surface area contributed by atoms with E-state index in [-0.39, 0.29) is 52.6 Å². The molecule has 0 radical (unpaired) electrons. The largest absolute Gasteiger partial charge is 0.508 e. The molecule has 5 aliphatic rings. The number of allylic oxidation sites excluding steroid dienone is 4. The van der Waals surface area contributed by atoms with E-state index >= 15 is 0 Å². The van der Waals surface area contributed by atoms with Crippen LogP contribution in [0.3, 0.4) is 0 Å². The number of hydrogen-bond acceptors (Lipinski definition) is 3. The summed E-state index contributed by atoms with van der Waals surface area (Å²) < 4.78 is 0. The molecule has 2 N–H and O–H groups in total. The molecule has 36 heavy (non-hydrogen) atoms. The highest BCUT2D eigenvalue weighted by molar-refractivity contribution is 6.13. The van der Waals surface area contributed by atoms with Gasteiger partial charge in [0.25, 0.3) is 0 Å². The summed E-state index contributed by atoms with van der Waals surface area (Å²) in [6.07, 6.45) is 8.87. The van der Waals surface area contributed by atoms with Gasteiger partial charge in [0.1, 0.15) is 11.2 Å². The Morgan fingerprint density at radius 3 is 2.39 bits per heavy atom. The molecule has 1 amide bonds. The lowest BCUT2D eigenvalue weighted by Gasteiger charge is -2.53. The minimum Gasteiger partial charge on any atom is -0.508 e. The topological polar surface area (TPSA) is 66.4 Å². The highest BCUT2D eigenvalue weighted by atomic mass is 16.3. The third-order valence-corrected chi connectivity index (χ3v) is 11.4. The second-order valence-corrected chi connectivity index (χ2v) is 13.5. The van der Waals surface area contributed by atoms with Crippen molar-refractivity contribution in [2.45, 2.75) is 73.3 Å². The van der Waals surface area contributed by atoms with Crippen LogP contribution in [0, 0.1) is 51.8 Å². The summed E-state index contributed by atoms with van der Waals surface area (Å²) in [5.41, 5.74) is 2.18. The molecular weight excluding hydrogens is 446 g/mol. The highest BCUT2D eigenvalue weighted by Crippen LogP contribution is 2.73. The van der Waals surface area contributed by atoms with Gasteiger partial charge in [-0.15, -0.1) is 0 Å². The van der Waals surface area contributed by atoms with Crippen LogP contribution in [0.5, 0.6) is 5.75 Å². The lowest BCUT2D eigenvalue weighted by atomic mass is 9.49. The number of aromatic hydroxyl groups is 1. The second-order valence-electron chi connectivity index (χ2n) is 13.5. The lowest BCUT2D eigenvalue weighted by Crippen LogP contribution is -2.55. The number of carbonyl (C=O) groups is 2. The van der Waals surface area contributed by atoms with Gasteiger partial charge in [0.05, 0.1) is 0 Å². The maximum atomic E-state index is 15.0. The van der Waals surface area contributed by atoms with Gasteiger partial charge in [-0.3, -0.25) is 9.59 Å². The van der Waals surface area contributed by atoms with Gasteiger partial charge in [-0.2, -0.15) is 0 Å². The van der Waals surface area contributed by atoms with Crippen molar-refractivity contribution in [1.82, 2.24) is 5.32 Å². The first-order valence-corrected chi connectivity index (χ1v) is 14.0. The van der Waals surface area contributed by atoms with Crippen molar-refractivity contribution in [2.75, 3.05) is 0 Å². The van der Waals surface area contributed by atoms with Gasteiger partial charge in [-0.25, -0.2) is 0 Å². The molecule has 0 aromatic heterocycles. The molecule has 2 saturated carbocycles. The van der Waals surface area contributed by atoms with Gasteiger partial charge in [-0.05, 0) is 79.9 Å². The van der Waals surface area contributed by atoms with E-state index in [1.54, 1.807) is 12.1 Å². The number of hydrogen-bond donors (Lipinski definition) is 2. The molecule has 1 spiro atoms. The Morgan fingerprint density at radius 1 is 1.00 bits per heavy atom. The Balaban J connectivity index is 1.50. The normalized spacial score (nSPS) is 47.2. The molecule has 192 valence electrons. The minimum atomic E-state index is -1.02. The van der Waals surface area contributed by atoms with E-state index in [0.29, 0.717) is 18.3 Å². The maximum Gasteiger partial charge on any atom is 0.235 e. The van der Waals surface area contributed by atoms with Gasteiger partial charge < -0.3 is 10.4 Å². The first-order chi connectivity index (χ1) is 16.9. The summed E-state index contributed by atoms with van der Waals surface area (Å²) in [7, 11) is 0. The molecule has 1 aliphatic heterocycles. The Morgan fingerprint density at radius 2 is 1.69 bits per heavy atom. The molecule has 0 unspecified atom stereocenters. The first kappa shape index (κ1) is 24.0. The lowest BCUT2D eigenvalue weighted by molar-refractivity contribution is -0.148. The Kier molecular flexibility index (Phi) is 5.06. The molecule has 1 aromatic carbocycles. The smallest absolute Gasteiger partial charge is 0.235 e. The molecule has 4 heteroatoms. The quantitative estimate of drug-likeness (QED) is 0.406. The summed E-state index contributed by atoms with van der Waals surface area (Å²) in [4.78, 5) is 29.2. The summed E-state index contributed by atoms with van der Waals surface area (Å²) in [6, 6.07) is 7.16. The number of Topliss-reactive ketones (excluding diaryl/α,β-unsaturated/α-hetero) is 1. The van der Waals surface area contributed by atoms with Crippen molar-refractivity contribution in [3.8, 4) is 5.75 Å². The van der Waals surface area contributed by atoms with E-state index < -0.39 is 10.8 Å². The summed E-state index contributed by atoms with van der Waals surface area (Å²) in [6.45, 7) is 13.6. The maximum absolute atomic E-state index is 15.0. The van der Waals surface area contributed by atoms with Crippen LogP contribution in [0.15, 0.2) is 47.6 Å². The predicted octanol–water partition coefficient (Wildman–Crippen LogP) is 5.86. The van der Waals surface area contributed by atoms with E-state index in [0.717, 1.165) is 24.8 Å². The van der Waals surface area contributed by atoms with Crippen molar-refractivity contribution >= 4 is 11.7 Å². The van der Waals surface area contributed by atoms with Crippen LogP contribution < -0.4 is 5.32 Å². The molecule has 6 rings (SSSR count). The van der Waals surface area contributed by atoms with Crippen LogP contribution in [0.1, 0.15) is 66.4 Å². The first-order valence-electron chi connectivity index (χ1n) is 14.0. The Labute approximate surface area is 215 Å². The molecule has 4 aliphatic carbocycles. The van der Waals surface area contributed by atoms with Gasteiger partial charge in [0, 0.05) is 23.3 Å². The van der Waals surface area contributed by atoms with Gasteiger partial charge >= 0.3 is 0 Å². The number of benzene rings is 1. The van der Waals surface area contributed by atoms with Crippen LogP contribution in [0.2, 0.25) is 0 Å². The highest BCUT2D eigenvalue weighted by Gasteiger charge is 2.79. The summed E-state index contributed by atoms with van der Waals surface area (Å²) in [5.74, 6) is 1.45. The van der Waals surface area contributed by atoms with Crippen LogP contribution >= 0.6 is 0 Å². The van der Waals surface area contributed by atoms with Gasteiger partial charge in [0.2, 0.25) is 5.91 Å². The monoisotopic (exact) mass is 487 g/mol. The van der Waals surface area contributed by atoms with E-state index in [1.165, 1.54) is 11.1 Å². The Bertz CT molecular complexity index is 1200. The zero-order chi connectivity index (χ0) is 25.8. The van der Waals surface area contributed by atoms with Crippen LogP contribution in [0.4, 0.5) is 0 Å². The average Bonchev–Trinajstić information content (AvgIpc) is 3.20. The third kappa shape index (κ3) is 2.82. The number of phenolic OH excluding ortho intramolecular Hbond substituents is 1. The van der Waals surface area contributed by atoms with E-state index in [4.69, 9.17) is 0 Å². The zero-order valence-electron chi connectivity index (χ0n) is 22.6. The summed E-state index contributed by atoms with van der Waals surface area (Å²) in [5, 5.41) is 13.1. The fraction of sp³-hybridized carbons (Fsp3) is 0.625. The molecule has 4 nitrogen and oxygen atoms in total. The molecule has 1 aromatic rings. The Hall–Kier alpha value is -2.36. The number of ketones is 1. The SMILES string of the molecule is CC1=C[C@@]2(C)[C@H]3C(C)=C[C@@]4(C)C[C@@H](C)CC[C@@H]4[C@H]3C(=O)[C@]23C(=O)N[C@H](Cc2ccc(O)cc2)[C@@H]3[C@H]1C. The molecule has 0 bridgehead atoms. The number of carbonyl (C=O) groups excluding carboxylic acids is 2. The zero-order valence-corrected chi connectivity index (χ0v) is 22.6. The number of phenols is 1. The fourth-order valence-corrected chi connectivity index (χ4v) is 10.2. The minimum absolute atomic E-state index is 0.0272. The fourth-order valence-electron chi connectivity index (χ4n) is 10.2. The van der Waals surface area contributed by atoms with Crippen LogP contribution in [0.25, 0.3) is 0 Å².